The minimum atomic E-state index is 0. The fourth-order valence-corrected chi connectivity index (χ4v) is 0.321. The monoisotopic (exact) mass is 193 g/mol. The molecule has 0 bridgehead atoms. The van der Waals surface area contributed by atoms with Crippen LogP contribution in [-0.4, -0.2) is 0 Å². The summed E-state index contributed by atoms with van der Waals surface area (Å²) in [6.07, 6.45) is 0. The topological polar surface area (TPSA) is 0 Å². The maximum absolute atomic E-state index is 2.00. The first-order valence-electron chi connectivity index (χ1n) is 1.67. The molecule has 1 radical (unpaired) electrons. The summed E-state index contributed by atoms with van der Waals surface area (Å²) in [5, 5.41) is 0. The summed E-state index contributed by atoms with van der Waals surface area (Å²) in [6.45, 7) is 0. The predicted octanol–water partition coefficient (Wildman–Crippen LogP) is -4.59. The van der Waals surface area contributed by atoms with E-state index >= 15 is 0 Å². The van der Waals surface area contributed by atoms with Gasteiger partial charge in [-0.05, 0) is 0 Å². The summed E-state index contributed by atoms with van der Waals surface area (Å²) >= 11 is 0. The molecule has 0 N–H and O–H groups in total. The number of rotatable bonds is 0. The minimum Gasteiger partial charge on any atom is -1.00 e. The molecule has 8 heavy (non-hydrogen) atoms. The maximum Gasteiger partial charge on any atom is 3.00 e. The van der Waals surface area contributed by atoms with E-state index in [-0.39, 0.29) is 35.6 Å². The molecule has 0 unspecified atom stereocenters. The third kappa shape index (κ3) is 6.09. The zero-order valence-electron chi connectivity index (χ0n) is 4.14. The average molecular weight is 194 g/mol. The van der Waals surface area contributed by atoms with Crippen LogP contribution in [-0.2, 0) is 26.2 Å². The summed E-state index contributed by atoms with van der Waals surface area (Å²) in [6, 6.07) is 10.0. The van der Waals surface area contributed by atoms with Crippen LogP contribution in [0.4, 0.5) is 0 Å². The Morgan fingerprint density at radius 3 is 1.38 bits per heavy atom. The van der Waals surface area contributed by atoms with Crippen molar-refractivity contribution in [3.05, 3.63) is 30.3 Å². The fraction of sp³-hybridized carbons (Fsp3) is 0. The first-order chi connectivity index (χ1) is 2.50. The van der Waals surface area contributed by atoms with E-state index in [0.29, 0.717) is 0 Å². The van der Waals surface area contributed by atoms with Crippen LogP contribution in [0.25, 0.3) is 0 Å². The van der Waals surface area contributed by atoms with Crippen molar-refractivity contribution < 1.29 is 35.6 Å². The molecule has 0 saturated carbocycles. The molecular weight excluding hydrogens is 189 g/mol. The molecule has 0 aliphatic heterocycles. The van der Waals surface area contributed by atoms with Crippen LogP contribution in [0.15, 0.2) is 30.3 Å². The molecule has 0 saturated heterocycles. The van der Waals surface area contributed by atoms with Crippen LogP contribution in [0.5, 0.6) is 0 Å². The van der Waals surface area contributed by atoms with E-state index < -0.39 is 0 Å². The van der Waals surface area contributed by atoms with Gasteiger partial charge < -0.3 is 9.41 Å². The van der Waals surface area contributed by atoms with Gasteiger partial charge in [-0.3, -0.25) is 0 Å². The quantitative estimate of drug-likeness (QED) is 0.365. The molecular formula is C5H5F2Zr. The standard InChI is InChI=1S/C5H5.2FH.Zr/c1-2-4-5-3-1;;;/h1-5H;2*1H;/q-1;;;+3/p-2. The van der Waals surface area contributed by atoms with Gasteiger partial charge in [0.05, 0.1) is 0 Å². The van der Waals surface area contributed by atoms with Crippen molar-refractivity contribution in [3.8, 4) is 0 Å². The molecule has 1 aromatic rings. The molecule has 0 amide bonds. The molecule has 43 valence electrons. The Bertz CT molecular complexity index is 66.9. The van der Waals surface area contributed by atoms with Gasteiger partial charge in [0.1, 0.15) is 0 Å². The molecule has 3 heteroatoms. The summed E-state index contributed by atoms with van der Waals surface area (Å²) in [4.78, 5) is 0. The molecule has 0 atom stereocenters. The minimum absolute atomic E-state index is 0. The summed E-state index contributed by atoms with van der Waals surface area (Å²) in [7, 11) is 0. The molecule has 1 aromatic carbocycles. The zero-order valence-corrected chi connectivity index (χ0v) is 6.60. The molecule has 0 spiro atoms. The Kier molecular flexibility index (Phi) is 19.9. The van der Waals surface area contributed by atoms with Gasteiger partial charge in [-0.25, -0.2) is 12.1 Å². The SMILES string of the molecule is [F-].[F-].[Zr+3].c1cc[cH-]c1. The van der Waals surface area contributed by atoms with E-state index in [0.717, 1.165) is 0 Å². The van der Waals surface area contributed by atoms with E-state index in [1.165, 1.54) is 0 Å². The first-order valence-corrected chi connectivity index (χ1v) is 1.67. The van der Waals surface area contributed by atoms with E-state index in [2.05, 4.69) is 0 Å². The molecule has 1 rings (SSSR count). The second-order valence-electron chi connectivity index (χ2n) is 0.962. The first kappa shape index (κ1) is 15.7. The van der Waals surface area contributed by atoms with Crippen molar-refractivity contribution in [2.45, 2.75) is 0 Å². The Labute approximate surface area is 66.1 Å². The number of halogens is 2. The Hall–Kier alpha value is 0.0931. The fourth-order valence-electron chi connectivity index (χ4n) is 0.321. The van der Waals surface area contributed by atoms with Crippen molar-refractivity contribution >= 4 is 0 Å². The molecule has 0 heterocycles. The van der Waals surface area contributed by atoms with E-state index in [1.807, 2.05) is 30.3 Å². The van der Waals surface area contributed by atoms with Gasteiger partial charge in [0.15, 0.2) is 0 Å². The second kappa shape index (κ2) is 10.2. The van der Waals surface area contributed by atoms with E-state index in [9.17, 15) is 0 Å². The molecule has 0 aliphatic rings. The van der Waals surface area contributed by atoms with Crippen molar-refractivity contribution in [3.63, 3.8) is 0 Å². The number of hydrogen-bond acceptors (Lipinski definition) is 0. The molecule has 0 nitrogen and oxygen atoms in total. The average Bonchev–Trinajstić information content (AvgIpc) is 1.76. The van der Waals surface area contributed by atoms with Crippen molar-refractivity contribution in [2.24, 2.45) is 0 Å². The van der Waals surface area contributed by atoms with Crippen LogP contribution in [0.3, 0.4) is 0 Å². The van der Waals surface area contributed by atoms with Gasteiger partial charge >= 0.3 is 26.2 Å². The zero-order chi connectivity index (χ0) is 3.54. The van der Waals surface area contributed by atoms with Crippen LogP contribution < -0.4 is 9.41 Å². The van der Waals surface area contributed by atoms with Gasteiger partial charge in [0, 0.05) is 0 Å². The van der Waals surface area contributed by atoms with E-state index in [4.69, 9.17) is 0 Å². The molecule has 0 fully saturated rings. The third-order valence-electron chi connectivity index (χ3n) is 0.556. The van der Waals surface area contributed by atoms with Crippen LogP contribution in [0.2, 0.25) is 0 Å². The second-order valence-corrected chi connectivity index (χ2v) is 0.962. The van der Waals surface area contributed by atoms with Gasteiger partial charge in [-0.2, -0.15) is 18.2 Å². The van der Waals surface area contributed by atoms with Crippen molar-refractivity contribution in [1.29, 1.82) is 0 Å². The van der Waals surface area contributed by atoms with Crippen LogP contribution >= 0.6 is 0 Å². The Balaban J connectivity index is -0.0000000833. The van der Waals surface area contributed by atoms with E-state index in [1.54, 1.807) is 0 Å². The Morgan fingerprint density at radius 1 is 0.875 bits per heavy atom. The van der Waals surface area contributed by atoms with Crippen molar-refractivity contribution in [2.75, 3.05) is 0 Å². The summed E-state index contributed by atoms with van der Waals surface area (Å²) < 4.78 is 0. The number of hydrogen-bond donors (Lipinski definition) is 0. The smallest absolute Gasteiger partial charge is 1.00 e. The van der Waals surface area contributed by atoms with Gasteiger partial charge in [-0.1, -0.05) is 0 Å². The summed E-state index contributed by atoms with van der Waals surface area (Å²) in [5.74, 6) is 0. The van der Waals surface area contributed by atoms with Gasteiger partial charge in [-0.15, -0.1) is 0 Å². The van der Waals surface area contributed by atoms with Crippen LogP contribution in [0.1, 0.15) is 0 Å². The third-order valence-corrected chi connectivity index (χ3v) is 0.556. The van der Waals surface area contributed by atoms with Crippen LogP contribution in [0, 0.1) is 0 Å². The normalized spacial score (nSPS) is 5.00. The van der Waals surface area contributed by atoms with Gasteiger partial charge in [0.2, 0.25) is 0 Å². The summed E-state index contributed by atoms with van der Waals surface area (Å²) in [5.41, 5.74) is 0. The predicted molar refractivity (Wildman–Crippen MR) is 22.0 cm³/mol. The molecule has 0 aliphatic carbocycles. The maximum atomic E-state index is 2.00. The van der Waals surface area contributed by atoms with Gasteiger partial charge in [0.25, 0.3) is 0 Å². The van der Waals surface area contributed by atoms with Crippen molar-refractivity contribution in [1.82, 2.24) is 0 Å². The largest absolute Gasteiger partial charge is 3.00 e. The molecule has 0 aromatic heterocycles. The Morgan fingerprint density at radius 2 is 1.25 bits per heavy atom.